The van der Waals surface area contributed by atoms with Crippen molar-refractivity contribution in [3.8, 4) is 22.6 Å². The van der Waals surface area contributed by atoms with Crippen molar-refractivity contribution in [2.45, 2.75) is 50.6 Å². The second-order valence-electron chi connectivity index (χ2n) is 9.77. The number of phenols is 1. The predicted molar refractivity (Wildman–Crippen MR) is 130 cm³/mol. The fourth-order valence-electron chi connectivity index (χ4n) is 4.98. The molecule has 1 aliphatic heterocycles. The standard InChI is InChI=1S/C28H21F10NO4/c1-12(19-9-15(26(30,31)32)4-5-18(19)20-10-22(40)21(29)11-23(20)42-3)39-13(2)24(43-25(39)41)14-6-16(27(33,34)35)8-17(7-14)28(36,37)38/h4-13,24,40H,1-3H3/t12?,13?,24-/m0/s1. The van der Waals surface area contributed by atoms with E-state index < -0.39 is 76.6 Å². The first-order chi connectivity index (χ1) is 19.7. The summed E-state index contributed by atoms with van der Waals surface area (Å²) in [6.45, 7) is 2.51. The quantitative estimate of drug-likeness (QED) is 0.288. The van der Waals surface area contributed by atoms with Gasteiger partial charge >= 0.3 is 24.6 Å². The molecule has 1 saturated heterocycles. The number of ether oxygens (including phenoxy) is 2. The molecule has 1 heterocycles. The van der Waals surface area contributed by atoms with E-state index in [2.05, 4.69) is 0 Å². The minimum absolute atomic E-state index is 0.0467. The third-order valence-electron chi connectivity index (χ3n) is 7.06. The molecular formula is C28H21F10NO4. The van der Waals surface area contributed by atoms with E-state index in [0.717, 1.165) is 30.2 Å². The van der Waals surface area contributed by atoms with Crippen molar-refractivity contribution in [3.05, 3.63) is 82.2 Å². The summed E-state index contributed by atoms with van der Waals surface area (Å²) in [4.78, 5) is 13.9. The molecule has 1 fully saturated rings. The second-order valence-corrected chi connectivity index (χ2v) is 9.77. The molecule has 0 aromatic heterocycles. The van der Waals surface area contributed by atoms with Gasteiger partial charge in [0.25, 0.3) is 0 Å². The van der Waals surface area contributed by atoms with Gasteiger partial charge in [0.05, 0.1) is 35.9 Å². The highest BCUT2D eigenvalue weighted by Gasteiger charge is 2.46. The maximum Gasteiger partial charge on any atom is 0.416 e. The number of hydrogen-bond donors (Lipinski definition) is 1. The third-order valence-corrected chi connectivity index (χ3v) is 7.06. The van der Waals surface area contributed by atoms with Gasteiger partial charge in [0.2, 0.25) is 0 Å². The van der Waals surface area contributed by atoms with Gasteiger partial charge < -0.3 is 14.6 Å². The molecule has 3 aromatic carbocycles. The lowest BCUT2D eigenvalue weighted by atomic mass is 9.91. The molecule has 5 nitrogen and oxygen atoms in total. The highest BCUT2D eigenvalue weighted by atomic mass is 19.4. The Hall–Kier alpha value is -4.17. The second kappa shape index (κ2) is 10.8. The van der Waals surface area contributed by atoms with Crippen molar-refractivity contribution < 1.29 is 63.3 Å². The molecule has 3 aromatic rings. The van der Waals surface area contributed by atoms with Crippen LogP contribution in [0.1, 0.15) is 53.8 Å². The Balaban J connectivity index is 1.84. The number of nitrogens with zero attached hydrogens (tertiary/aromatic N) is 1. The largest absolute Gasteiger partial charge is 0.505 e. The summed E-state index contributed by atoms with van der Waals surface area (Å²) >= 11 is 0. The van der Waals surface area contributed by atoms with Crippen molar-refractivity contribution >= 4 is 6.09 Å². The van der Waals surface area contributed by atoms with E-state index in [4.69, 9.17) is 9.47 Å². The smallest absolute Gasteiger partial charge is 0.416 e. The van der Waals surface area contributed by atoms with E-state index in [1.165, 1.54) is 13.8 Å². The van der Waals surface area contributed by atoms with Gasteiger partial charge in [-0.2, -0.15) is 39.5 Å². The lowest BCUT2D eigenvalue weighted by molar-refractivity contribution is -0.143. The number of halogens is 10. The molecule has 0 aliphatic carbocycles. The van der Waals surface area contributed by atoms with Gasteiger partial charge in [0, 0.05) is 11.6 Å². The maximum absolute atomic E-state index is 14.0. The van der Waals surface area contributed by atoms with Gasteiger partial charge in [0.15, 0.2) is 11.6 Å². The Bertz CT molecular complexity index is 1520. The lowest BCUT2D eigenvalue weighted by Gasteiger charge is -2.30. The van der Waals surface area contributed by atoms with Crippen LogP contribution in [0.3, 0.4) is 0 Å². The maximum atomic E-state index is 14.0. The van der Waals surface area contributed by atoms with E-state index in [0.29, 0.717) is 24.3 Å². The summed E-state index contributed by atoms with van der Waals surface area (Å²) in [6.07, 6.45) is -18.1. The normalized spacial score (nSPS) is 18.5. The molecule has 0 bridgehead atoms. The summed E-state index contributed by atoms with van der Waals surface area (Å²) in [5.41, 5.74) is -5.41. The third kappa shape index (κ3) is 6.15. The Morgan fingerprint density at radius 2 is 1.40 bits per heavy atom. The first-order valence-electron chi connectivity index (χ1n) is 12.3. The van der Waals surface area contributed by atoms with Gasteiger partial charge in [-0.3, -0.25) is 4.90 Å². The summed E-state index contributed by atoms with van der Waals surface area (Å²) in [5, 5.41) is 9.96. The van der Waals surface area contributed by atoms with Crippen molar-refractivity contribution in [2.24, 2.45) is 0 Å². The van der Waals surface area contributed by atoms with E-state index in [1.807, 2.05) is 0 Å². The van der Waals surface area contributed by atoms with Crippen LogP contribution < -0.4 is 4.74 Å². The molecular weight excluding hydrogens is 604 g/mol. The first-order valence-corrected chi connectivity index (χ1v) is 12.3. The van der Waals surface area contributed by atoms with Gasteiger partial charge in [-0.05, 0) is 66.9 Å². The van der Waals surface area contributed by atoms with Crippen LogP contribution >= 0.6 is 0 Å². The molecule has 1 N–H and O–H groups in total. The van der Waals surface area contributed by atoms with Gasteiger partial charge in [0.1, 0.15) is 11.9 Å². The number of methoxy groups -OCH3 is 1. The number of rotatable bonds is 5. The molecule has 1 aliphatic rings. The molecule has 3 atom stereocenters. The van der Waals surface area contributed by atoms with Crippen LogP contribution in [0.5, 0.6) is 11.5 Å². The Morgan fingerprint density at radius 1 is 0.837 bits per heavy atom. The number of aromatic hydroxyl groups is 1. The lowest BCUT2D eigenvalue weighted by Crippen LogP contribution is -2.35. The van der Waals surface area contributed by atoms with E-state index in [9.17, 15) is 53.8 Å². The van der Waals surface area contributed by atoms with Crippen LogP contribution in [0, 0.1) is 5.82 Å². The summed E-state index contributed by atoms with van der Waals surface area (Å²) in [6, 6.07) is 2.14. The van der Waals surface area contributed by atoms with E-state index >= 15 is 0 Å². The van der Waals surface area contributed by atoms with Gasteiger partial charge in [-0.1, -0.05) is 6.07 Å². The number of alkyl halides is 9. The molecule has 2 unspecified atom stereocenters. The molecule has 1 amide bonds. The molecule has 15 heteroatoms. The van der Waals surface area contributed by atoms with Crippen molar-refractivity contribution in [1.82, 2.24) is 4.90 Å². The number of carbonyl (C=O) groups is 1. The van der Waals surface area contributed by atoms with Crippen LogP contribution in [-0.2, 0) is 23.3 Å². The Labute approximate surface area is 237 Å². The van der Waals surface area contributed by atoms with E-state index in [1.54, 1.807) is 0 Å². The summed E-state index contributed by atoms with van der Waals surface area (Å²) in [5.74, 6) is -2.16. The van der Waals surface area contributed by atoms with Crippen LogP contribution in [0.4, 0.5) is 48.7 Å². The van der Waals surface area contributed by atoms with Crippen LogP contribution in [0.2, 0.25) is 0 Å². The molecule has 0 saturated carbocycles. The monoisotopic (exact) mass is 625 g/mol. The zero-order valence-corrected chi connectivity index (χ0v) is 22.2. The minimum Gasteiger partial charge on any atom is -0.505 e. The molecule has 0 radical (unpaired) electrons. The molecule has 232 valence electrons. The van der Waals surface area contributed by atoms with Crippen molar-refractivity contribution in [1.29, 1.82) is 0 Å². The average molecular weight is 625 g/mol. The van der Waals surface area contributed by atoms with E-state index in [-0.39, 0.29) is 28.5 Å². The number of amides is 1. The molecule has 0 spiro atoms. The first kappa shape index (κ1) is 31.8. The van der Waals surface area contributed by atoms with Gasteiger partial charge in [-0.15, -0.1) is 0 Å². The average Bonchev–Trinajstić information content (AvgIpc) is 3.20. The Kier molecular flexibility index (Phi) is 8.00. The Morgan fingerprint density at radius 3 is 1.91 bits per heavy atom. The highest BCUT2D eigenvalue weighted by molar-refractivity contribution is 5.78. The van der Waals surface area contributed by atoms with Crippen molar-refractivity contribution in [2.75, 3.05) is 7.11 Å². The number of phenolic OH excluding ortho intramolecular Hbond substituents is 1. The fourth-order valence-corrected chi connectivity index (χ4v) is 4.98. The number of hydrogen-bond acceptors (Lipinski definition) is 4. The van der Waals surface area contributed by atoms with Crippen LogP contribution in [0.25, 0.3) is 11.1 Å². The highest BCUT2D eigenvalue weighted by Crippen LogP contribution is 2.46. The summed E-state index contributed by atoms with van der Waals surface area (Å²) < 4.78 is 146. The van der Waals surface area contributed by atoms with Crippen LogP contribution in [0.15, 0.2) is 48.5 Å². The SMILES string of the molecule is COc1cc(F)c(O)cc1-c1ccc(C(F)(F)F)cc1C(C)N1C(=O)O[C@H](c2cc(C(F)(F)F)cc(C(F)(F)F)c2)C1C. The van der Waals surface area contributed by atoms with Crippen molar-refractivity contribution in [3.63, 3.8) is 0 Å². The number of cyclic esters (lactones) is 1. The zero-order valence-electron chi connectivity index (χ0n) is 22.2. The predicted octanol–water partition coefficient (Wildman–Crippen LogP) is 8.91. The topological polar surface area (TPSA) is 59.0 Å². The van der Waals surface area contributed by atoms with Gasteiger partial charge in [-0.25, -0.2) is 9.18 Å². The molecule has 43 heavy (non-hydrogen) atoms. The van der Waals surface area contributed by atoms with Crippen LogP contribution in [-0.4, -0.2) is 29.3 Å². The number of benzene rings is 3. The summed E-state index contributed by atoms with van der Waals surface area (Å²) in [7, 11) is 1.14. The minimum atomic E-state index is -5.18. The number of carbonyl (C=O) groups excluding carboxylic acids is 1. The zero-order chi connectivity index (χ0) is 32.2. The fraction of sp³-hybridized carbons (Fsp3) is 0.321. The molecule has 4 rings (SSSR count).